The minimum absolute atomic E-state index is 0. The Hall–Kier alpha value is 1.49. The standard InChI is InChI=1S/Cu.Mn.H3N.Ni/h;;1H3;. The van der Waals surface area contributed by atoms with Gasteiger partial charge in [-0.05, 0) is 0 Å². The molecule has 4 heavy (non-hydrogen) atoms. The SMILES string of the molecule is N.[Cu].[Mn].[Ni]. The summed E-state index contributed by atoms with van der Waals surface area (Å²) in [5.41, 5.74) is 0. The zero-order valence-corrected chi connectivity index (χ0v) is 4.81. The third-order valence-corrected chi connectivity index (χ3v) is 0. The molecule has 0 aromatic carbocycles. The van der Waals surface area contributed by atoms with Crippen LogP contribution in [-0.4, -0.2) is 0 Å². The van der Waals surface area contributed by atoms with Gasteiger partial charge in [0.1, 0.15) is 0 Å². The van der Waals surface area contributed by atoms with Crippen molar-refractivity contribution in [3.63, 3.8) is 0 Å². The molecule has 0 fully saturated rings. The second-order valence-corrected chi connectivity index (χ2v) is 0. The van der Waals surface area contributed by atoms with E-state index in [1.54, 1.807) is 0 Å². The Balaban J connectivity index is 0. The second kappa shape index (κ2) is 24.6. The van der Waals surface area contributed by atoms with Gasteiger partial charge >= 0.3 is 0 Å². The van der Waals surface area contributed by atoms with Crippen LogP contribution in [0.5, 0.6) is 0 Å². The quantitative estimate of drug-likeness (QED) is 0.547. The van der Waals surface area contributed by atoms with E-state index in [0.717, 1.165) is 0 Å². The van der Waals surface area contributed by atoms with E-state index in [4.69, 9.17) is 0 Å². The first kappa shape index (κ1) is 49.8. The Morgan fingerprint density at radius 3 is 1.00 bits per heavy atom. The number of hydrogen-bond donors (Lipinski definition) is 1. The van der Waals surface area contributed by atoms with E-state index in [0.29, 0.717) is 0 Å². The van der Waals surface area contributed by atoms with Crippen molar-refractivity contribution in [2.24, 2.45) is 0 Å². The van der Waals surface area contributed by atoms with Gasteiger partial charge in [-0.1, -0.05) is 0 Å². The fourth-order valence-corrected chi connectivity index (χ4v) is 0. The van der Waals surface area contributed by atoms with Crippen LogP contribution in [0.4, 0.5) is 0 Å². The maximum Gasteiger partial charge on any atom is 0 e. The fraction of sp³-hybridized carbons (Fsp3) is 0. The van der Waals surface area contributed by atoms with Gasteiger partial charge in [0, 0.05) is 50.6 Å². The molecule has 3 N–H and O–H groups in total. The topological polar surface area (TPSA) is 35.0 Å². The molecule has 0 aromatic heterocycles. The molecule has 0 saturated heterocycles. The minimum atomic E-state index is 0. The molecule has 0 rings (SSSR count). The molecular weight excluding hydrogens is 191 g/mol. The van der Waals surface area contributed by atoms with Crippen LogP contribution in [0, 0.1) is 0 Å². The Kier molecular flexibility index (Phi) is 306. The summed E-state index contributed by atoms with van der Waals surface area (Å²) in [6, 6.07) is 0. The third kappa shape index (κ3) is 9.74. The van der Waals surface area contributed by atoms with E-state index in [9.17, 15) is 0 Å². The maximum absolute atomic E-state index is 0. The molecule has 36 valence electrons. The number of rotatable bonds is 0. The van der Waals surface area contributed by atoms with Crippen LogP contribution < -0.4 is 6.15 Å². The van der Waals surface area contributed by atoms with Crippen LogP contribution in [0.3, 0.4) is 0 Å². The zero-order chi connectivity index (χ0) is 0. The third-order valence-electron chi connectivity index (χ3n) is 0. The predicted octanol–water partition coefficient (Wildman–Crippen LogP) is 0.154. The van der Waals surface area contributed by atoms with Gasteiger partial charge in [-0.15, -0.1) is 0 Å². The van der Waals surface area contributed by atoms with Crippen molar-refractivity contribution in [2.45, 2.75) is 0 Å². The molecule has 0 amide bonds. The van der Waals surface area contributed by atoms with Gasteiger partial charge in [0.05, 0.1) is 0 Å². The van der Waals surface area contributed by atoms with Crippen molar-refractivity contribution in [2.75, 3.05) is 0 Å². The average Bonchev–Trinajstić information content (AvgIpc) is 0. The molecular formula is H3CuMnNNi. The molecule has 0 aliphatic heterocycles. The van der Waals surface area contributed by atoms with Crippen molar-refractivity contribution in [3.05, 3.63) is 0 Å². The summed E-state index contributed by atoms with van der Waals surface area (Å²) in [6.45, 7) is 0. The normalized spacial score (nSPS) is 0. The average molecular weight is 194 g/mol. The molecule has 0 aliphatic carbocycles. The second-order valence-electron chi connectivity index (χ2n) is 0. The molecule has 0 unspecified atom stereocenters. The molecule has 0 saturated carbocycles. The van der Waals surface area contributed by atoms with E-state index >= 15 is 0 Å². The molecule has 0 atom stereocenters. The van der Waals surface area contributed by atoms with Crippen LogP contribution in [-0.2, 0) is 50.6 Å². The van der Waals surface area contributed by atoms with Crippen molar-refractivity contribution in [1.29, 1.82) is 0 Å². The van der Waals surface area contributed by atoms with Gasteiger partial charge in [-0.3, -0.25) is 0 Å². The minimum Gasteiger partial charge on any atom is -0.344 e. The monoisotopic (exact) mass is 193 g/mol. The first-order chi connectivity index (χ1) is 0. The fourth-order valence-electron chi connectivity index (χ4n) is 0. The van der Waals surface area contributed by atoms with Crippen LogP contribution in [0.1, 0.15) is 0 Å². The number of hydrogen-bond acceptors (Lipinski definition) is 1. The Morgan fingerprint density at radius 2 is 1.00 bits per heavy atom. The van der Waals surface area contributed by atoms with Crippen molar-refractivity contribution in [1.82, 2.24) is 6.15 Å². The largest absolute Gasteiger partial charge is 0.344 e. The summed E-state index contributed by atoms with van der Waals surface area (Å²) in [5.74, 6) is 0. The zero-order valence-electron chi connectivity index (χ0n) is 1.70. The van der Waals surface area contributed by atoms with E-state index in [1.807, 2.05) is 0 Å². The summed E-state index contributed by atoms with van der Waals surface area (Å²) in [4.78, 5) is 0. The van der Waals surface area contributed by atoms with Crippen LogP contribution in [0.15, 0.2) is 0 Å². The Labute approximate surface area is 56.7 Å². The smallest absolute Gasteiger partial charge is 0 e. The van der Waals surface area contributed by atoms with Crippen molar-refractivity contribution < 1.29 is 50.6 Å². The van der Waals surface area contributed by atoms with Crippen molar-refractivity contribution in [3.8, 4) is 0 Å². The van der Waals surface area contributed by atoms with Gasteiger partial charge in [0.2, 0.25) is 0 Å². The molecule has 4 heteroatoms. The molecule has 0 bridgehead atoms. The van der Waals surface area contributed by atoms with Crippen LogP contribution in [0.2, 0.25) is 0 Å². The van der Waals surface area contributed by atoms with Gasteiger partial charge in [-0.25, -0.2) is 0 Å². The molecule has 0 aliphatic rings. The first-order valence-corrected chi connectivity index (χ1v) is 0. The van der Waals surface area contributed by atoms with Gasteiger partial charge in [0.25, 0.3) is 0 Å². The van der Waals surface area contributed by atoms with Crippen LogP contribution in [0.25, 0.3) is 0 Å². The van der Waals surface area contributed by atoms with Gasteiger partial charge in [-0.2, -0.15) is 0 Å². The molecule has 1 nitrogen and oxygen atoms in total. The predicted molar refractivity (Wildman–Crippen MR) is 5.02 cm³/mol. The Morgan fingerprint density at radius 1 is 1.00 bits per heavy atom. The summed E-state index contributed by atoms with van der Waals surface area (Å²) in [6.07, 6.45) is 0. The molecule has 0 heterocycles. The van der Waals surface area contributed by atoms with E-state index in [2.05, 4.69) is 0 Å². The Bertz CT molecular complexity index is 8.00. The summed E-state index contributed by atoms with van der Waals surface area (Å²) >= 11 is 0. The van der Waals surface area contributed by atoms with Gasteiger partial charge in [0.15, 0.2) is 0 Å². The summed E-state index contributed by atoms with van der Waals surface area (Å²) in [7, 11) is 0. The molecule has 0 spiro atoms. The molecule has 0 aromatic rings. The van der Waals surface area contributed by atoms with Gasteiger partial charge < -0.3 is 6.15 Å². The van der Waals surface area contributed by atoms with E-state index < -0.39 is 0 Å². The summed E-state index contributed by atoms with van der Waals surface area (Å²) < 4.78 is 0. The van der Waals surface area contributed by atoms with Crippen molar-refractivity contribution >= 4 is 0 Å². The van der Waals surface area contributed by atoms with Crippen LogP contribution >= 0.6 is 0 Å². The van der Waals surface area contributed by atoms with E-state index in [-0.39, 0.29) is 56.8 Å². The van der Waals surface area contributed by atoms with E-state index in [1.165, 1.54) is 0 Å². The molecule has 2 radical (unpaired) electrons. The summed E-state index contributed by atoms with van der Waals surface area (Å²) in [5, 5.41) is 0. The maximum atomic E-state index is 0. The first-order valence-electron chi connectivity index (χ1n) is 0.